The molecule has 0 saturated carbocycles. The largest absolute Gasteiger partial charge is 0.497 e. The van der Waals surface area contributed by atoms with Crippen molar-refractivity contribution in [1.82, 2.24) is 15.0 Å². The molecule has 2 aromatic heterocycles. The Kier molecular flexibility index (Phi) is 3.97. The predicted molar refractivity (Wildman–Crippen MR) is 84.2 cm³/mol. The number of aromatic nitrogens is 3. The van der Waals surface area contributed by atoms with Gasteiger partial charge in [0.15, 0.2) is 5.82 Å². The Labute approximate surface area is 132 Å². The Morgan fingerprint density at radius 1 is 1.04 bits per heavy atom. The molecule has 6 heteroatoms. The van der Waals surface area contributed by atoms with Crippen molar-refractivity contribution in [2.45, 2.75) is 0 Å². The van der Waals surface area contributed by atoms with E-state index in [0.29, 0.717) is 17.1 Å². The van der Waals surface area contributed by atoms with Gasteiger partial charge in [-0.1, -0.05) is 0 Å². The first-order chi connectivity index (χ1) is 11.2. The highest BCUT2D eigenvalue weighted by molar-refractivity contribution is 5.94. The van der Waals surface area contributed by atoms with Gasteiger partial charge in [0.05, 0.1) is 12.8 Å². The molecule has 1 aromatic carbocycles. The molecule has 0 aliphatic heterocycles. The van der Waals surface area contributed by atoms with E-state index in [1.54, 1.807) is 43.8 Å². The molecule has 0 aliphatic carbocycles. The molecule has 0 unspecified atom stereocenters. The normalized spacial score (nSPS) is 10.3. The van der Waals surface area contributed by atoms with Gasteiger partial charge < -0.3 is 9.84 Å². The maximum absolute atomic E-state index is 11.4. The van der Waals surface area contributed by atoms with E-state index in [1.165, 1.54) is 6.20 Å². The number of nitrogens with zero attached hydrogens (tertiary/aromatic N) is 3. The highest BCUT2D eigenvalue weighted by Gasteiger charge is 2.16. The predicted octanol–water partition coefficient (Wildman–Crippen LogP) is 2.91. The Balaban J connectivity index is 2.11. The first-order valence-corrected chi connectivity index (χ1v) is 6.84. The van der Waals surface area contributed by atoms with E-state index in [1.807, 2.05) is 12.1 Å². The second kappa shape index (κ2) is 6.23. The Hall–Kier alpha value is -3.28. The summed E-state index contributed by atoms with van der Waals surface area (Å²) >= 11 is 0. The van der Waals surface area contributed by atoms with Gasteiger partial charge in [-0.15, -0.1) is 0 Å². The van der Waals surface area contributed by atoms with Crippen LogP contribution in [0.3, 0.4) is 0 Å². The highest BCUT2D eigenvalue weighted by Crippen LogP contribution is 2.25. The van der Waals surface area contributed by atoms with E-state index in [2.05, 4.69) is 15.0 Å². The van der Waals surface area contributed by atoms with Crippen molar-refractivity contribution < 1.29 is 14.6 Å². The molecule has 1 N–H and O–H groups in total. The summed E-state index contributed by atoms with van der Waals surface area (Å²) in [5.41, 5.74) is 1.86. The molecule has 3 aromatic rings. The number of rotatable bonds is 4. The summed E-state index contributed by atoms with van der Waals surface area (Å²) in [4.78, 5) is 23.9. The minimum atomic E-state index is -1.07. The number of hydrogen-bond donors (Lipinski definition) is 1. The molecule has 0 bridgehead atoms. The fourth-order valence-corrected chi connectivity index (χ4v) is 2.15. The number of carboxylic acid groups (broad SMARTS) is 1. The highest BCUT2D eigenvalue weighted by atomic mass is 16.5. The van der Waals surface area contributed by atoms with Gasteiger partial charge in [0.1, 0.15) is 11.3 Å². The second-order valence-corrected chi connectivity index (χ2v) is 4.73. The van der Waals surface area contributed by atoms with Crippen LogP contribution in [0, 0.1) is 0 Å². The van der Waals surface area contributed by atoms with Crippen LogP contribution in [-0.4, -0.2) is 33.1 Å². The van der Waals surface area contributed by atoms with Crippen LogP contribution in [0.2, 0.25) is 0 Å². The summed E-state index contributed by atoms with van der Waals surface area (Å²) in [5.74, 6) is 0.104. The third-order valence-electron chi connectivity index (χ3n) is 3.32. The molecule has 0 amide bonds. The van der Waals surface area contributed by atoms with Crippen LogP contribution in [0.4, 0.5) is 0 Å². The lowest BCUT2D eigenvalue weighted by Crippen LogP contribution is -2.04. The van der Waals surface area contributed by atoms with Crippen molar-refractivity contribution in [3.63, 3.8) is 0 Å². The number of benzene rings is 1. The lowest BCUT2D eigenvalue weighted by molar-refractivity contribution is 0.0697. The van der Waals surface area contributed by atoms with E-state index >= 15 is 0 Å². The standard InChI is InChI=1S/C17H13N3O3/c1-23-13-4-2-12(3-5-13)16-19-10-14(17(21)22)15(20-16)11-6-8-18-9-7-11/h2-10H,1H3,(H,21,22). The number of hydrogen-bond acceptors (Lipinski definition) is 5. The van der Waals surface area contributed by atoms with Crippen LogP contribution in [0.25, 0.3) is 22.6 Å². The molecule has 0 atom stereocenters. The summed E-state index contributed by atoms with van der Waals surface area (Å²) in [6.07, 6.45) is 4.51. The molecular weight excluding hydrogens is 294 g/mol. The Morgan fingerprint density at radius 2 is 1.74 bits per heavy atom. The fraction of sp³-hybridized carbons (Fsp3) is 0.0588. The average Bonchev–Trinajstić information content (AvgIpc) is 2.62. The molecule has 0 saturated heterocycles. The zero-order chi connectivity index (χ0) is 16.2. The van der Waals surface area contributed by atoms with Crippen molar-refractivity contribution in [2.24, 2.45) is 0 Å². The molecular formula is C17H13N3O3. The SMILES string of the molecule is COc1ccc(-c2ncc(C(=O)O)c(-c3ccncc3)n2)cc1. The summed E-state index contributed by atoms with van der Waals surface area (Å²) in [7, 11) is 1.59. The van der Waals surface area contributed by atoms with Crippen molar-refractivity contribution in [1.29, 1.82) is 0 Å². The molecule has 0 radical (unpaired) electrons. The third kappa shape index (κ3) is 3.01. The number of carboxylic acids is 1. The summed E-state index contributed by atoms with van der Waals surface area (Å²) < 4.78 is 5.12. The number of ether oxygens (including phenoxy) is 1. The van der Waals surface area contributed by atoms with Crippen LogP contribution in [0.1, 0.15) is 10.4 Å². The molecule has 114 valence electrons. The second-order valence-electron chi connectivity index (χ2n) is 4.73. The van der Waals surface area contributed by atoms with Gasteiger partial charge >= 0.3 is 5.97 Å². The van der Waals surface area contributed by atoms with Gasteiger partial charge in [0.2, 0.25) is 0 Å². The summed E-state index contributed by atoms with van der Waals surface area (Å²) in [6.45, 7) is 0. The summed E-state index contributed by atoms with van der Waals surface area (Å²) in [6, 6.07) is 10.7. The van der Waals surface area contributed by atoms with Crippen LogP contribution in [-0.2, 0) is 0 Å². The topological polar surface area (TPSA) is 85.2 Å². The van der Waals surface area contributed by atoms with Crippen molar-refractivity contribution in [3.05, 3.63) is 60.6 Å². The molecule has 3 rings (SSSR count). The van der Waals surface area contributed by atoms with Crippen molar-refractivity contribution in [2.75, 3.05) is 7.11 Å². The van der Waals surface area contributed by atoms with Crippen LogP contribution < -0.4 is 4.74 Å². The van der Waals surface area contributed by atoms with Gasteiger partial charge in [-0.25, -0.2) is 14.8 Å². The minimum Gasteiger partial charge on any atom is -0.497 e. The van der Waals surface area contributed by atoms with E-state index in [4.69, 9.17) is 4.74 Å². The maximum atomic E-state index is 11.4. The molecule has 0 spiro atoms. The zero-order valence-corrected chi connectivity index (χ0v) is 12.3. The first kappa shape index (κ1) is 14.6. The van der Waals surface area contributed by atoms with Gasteiger partial charge in [-0.2, -0.15) is 0 Å². The van der Waals surface area contributed by atoms with E-state index < -0.39 is 5.97 Å². The molecule has 2 heterocycles. The van der Waals surface area contributed by atoms with Gasteiger partial charge in [-0.05, 0) is 36.4 Å². The fourth-order valence-electron chi connectivity index (χ4n) is 2.15. The zero-order valence-electron chi connectivity index (χ0n) is 12.3. The number of pyridine rings is 1. The number of aromatic carboxylic acids is 1. The third-order valence-corrected chi connectivity index (χ3v) is 3.32. The molecule has 23 heavy (non-hydrogen) atoms. The average molecular weight is 307 g/mol. The van der Waals surface area contributed by atoms with Gasteiger partial charge in [0, 0.05) is 29.7 Å². The lowest BCUT2D eigenvalue weighted by atomic mass is 10.1. The number of carbonyl (C=O) groups is 1. The Morgan fingerprint density at radius 3 is 2.35 bits per heavy atom. The molecule has 0 fully saturated rings. The Bertz CT molecular complexity index is 833. The lowest BCUT2D eigenvalue weighted by Gasteiger charge is -2.08. The van der Waals surface area contributed by atoms with Crippen LogP contribution in [0.15, 0.2) is 55.0 Å². The quantitative estimate of drug-likeness (QED) is 0.797. The van der Waals surface area contributed by atoms with Gasteiger partial charge in [0.25, 0.3) is 0 Å². The van der Waals surface area contributed by atoms with Gasteiger partial charge in [-0.3, -0.25) is 4.98 Å². The maximum Gasteiger partial charge on any atom is 0.339 e. The molecule has 6 nitrogen and oxygen atoms in total. The number of methoxy groups -OCH3 is 1. The molecule has 0 aliphatic rings. The van der Waals surface area contributed by atoms with E-state index in [0.717, 1.165) is 11.3 Å². The van der Waals surface area contributed by atoms with Crippen molar-refractivity contribution >= 4 is 5.97 Å². The monoisotopic (exact) mass is 307 g/mol. The first-order valence-electron chi connectivity index (χ1n) is 6.84. The van der Waals surface area contributed by atoms with Crippen LogP contribution >= 0.6 is 0 Å². The summed E-state index contributed by atoms with van der Waals surface area (Å²) in [5, 5.41) is 9.34. The van der Waals surface area contributed by atoms with Crippen molar-refractivity contribution in [3.8, 4) is 28.4 Å². The van der Waals surface area contributed by atoms with E-state index in [-0.39, 0.29) is 5.56 Å². The van der Waals surface area contributed by atoms with E-state index in [9.17, 15) is 9.90 Å². The van der Waals surface area contributed by atoms with Crippen LogP contribution in [0.5, 0.6) is 5.75 Å². The minimum absolute atomic E-state index is 0.0495. The smallest absolute Gasteiger partial charge is 0.339 e.